The third-order valence-corrected chi connectivity index (χ3v) is 6.43. The third kappa shape index (κ3) is 4.40. The second-order valence-electron chi connectivity index (χ2n) is 7.96. The van der Waals surface area contributed by atoms with E-state index in [1.165, 1.54) is 16.9 Å². The van der Waals surface area contributed by atoms with E-state index in [0.29, 0.717) is 17.1 Å². The number of H-pyrrole nitrogens is 1. The number of benzene rings is 3. The van der Waals surface area contributed by atoms with Crippen molar-refractivity contribution in [2.45, 2.75) is 26.4 Å². The van der Waals surface area contributed by atoms with Crippen LogP contribution in [0.25, 0.3) is 32.6 Å². The number of para-hydroxylation sites is 1. The number of carbonyl (C=O) groups is 2. The molecule has 1 unspecified atom stereocenters. The fraction of sp³-hybridized carbons (Fsp3) is 0.154. The molecule has 0 saturated heterocycles. The molecule has 3 aromatic carbocycles. The van der Waals surface area contributed by atoms with Gasteiger partial charge in [0.05, 0.1) is 26.8 Å². The number of hydrogen-bond donors (Lipinski definition) is 2. The molecule has 34 heavy (non-hydrogen) atoms. The molecule has 2 N–H and O–H groups in total. The molecule has 0 radical (unpaired) electrons. The summed E-state index contributed by atoms with van der Waals surface area (Å²) in [6.45, 7) is 3.82. The van der Waals surface area contributed by atoms with Crippen LogP contribution in [0.5, 0.6) is 0 Å². The van der Waals surface area contributed by atoms with Crippen LogP contribution in [-0.4, -0.2) is 32.9 Å². The highest BCUT2D eigenvalue weighted by Gasteiger charge is 2.23. The fourth-order valence-corrected chi connectivity index (χ4v) is 4.48. The molecule has 170 valence electrons. The zero-order valence-electron chi connectivity index (χ0n) is 18.7. The Morgan fingerprint density at radius 2 is 1.82 bits per heavy atom. The summed E-state index contributed by atoms with van der Waals surface area (Å²) >= 11 is 1.38. The minimum absolute atomic E-state index is 0.340. The maximum Gasteiger partial charge on any atom is 0.338 e. The number of thiazole rings is 1. The summed E-state index contributed by atoms with van der Waals surface area (Å²) < 4.78 is 6.51. The molecule has 2 heterocycles. The first kappa shape index (κ1) is 21.8. The molecule has 5 rings (SSSR count). The Kier molecular flexibility index (Phi) is 5.81. The highest BCUT2D eigenvalue weighted by atomic mass is 32.1. The lowest BCUT2D eigenvalue weighted by Crippen LogP contribution is -2.32. The molecule has 0 aliphatic rings. The third-order valence-electron chi connectivity index (χ3n) is 5.48. The van der Waals surface area contributed by atoms with Gasteiger partial charge < -0.3 is 9.72 Å². The summed E-state index contributed by atoms with van der Waals surface area (Å²) in [7, 11) is 0. The number of hydrogen-bond acceptors (Lipinski definition) is 6. The summed E-state index contributed by atoms with van der Waals surface area (Å²) in [6, 6.07) is 20.8. The number of nitrogens with zero attached hydrogens (tertiary/aromatic N) is 2. The number of nitrogens with one attached hydrogen (secondary N) is 2. The van der Waals surface area contributed by atoms with Crippen LogP contribution >= 0.6 is 11.3 Å². The number of fused-ring (bicyclic) bond motifs is 2. The first-order valence-corrected chi connectivity index (χ1v) is 11.8. The second-order valence-corrected chi connectivity index (χ2v) is 8.99. The van der Waals surface area contributed by atoms with E-state index in [9.17, 15) is 9.59 Å². The fourth-order valence-electron chi connectivity index (χ4n) is 3.62. The van der Waals surface area contributed by atoms with Gasteiger partial charge in [-0.1, -0.05) is 60.2 Å². The van der Waals surface area contributed by atoms with Gasteiger partial charge in [-0.3, -0.25) is 10.1 Å². The molecule has 0 spiro atoms. The Morgan fingerprint density at radius 3 is 2.59 bits per heavy atom. The van der Waals surface area contributed by atoms with Crippen LogP contribution in [0.15, 0.2) is 66.7 Å². The van der Waals surface area contributed by atoms with Gasteiger partial charge in [-0.15, -0.1) is 0 Å². The number of aryl methyl sites for hydroxylation is 1. The number of rotatable bonds is 6. The lowest BCUT2D eigenvalue weighted by molar-refractivity contribution is -0.124. The summed E-state index contributed by atoms with van der Waals surface area (Å²) in [5, 5.41) is 3.24. The number of imidazole rings is 1. The van der Waals surface area contributed by atoms with Crippen LogP contribution in [0.3, 0.4) is 0 Å². The first-order valence-electron chi connectivity index (χ1n) is 10.9. The van der Waals surface area contributed by atoms with Crippen molar-refractivity contribution >= 4 is 49.6 Å². The molecule has 7 nitrogen and oxygen atoms in total. The Morgan fingerprint density at radius 1 is 1.03 bits per heavy atom. The number of esters is 1. The lowest BCUT2D eigenvalue weighted by atomic mass is 10.1. The van der Waals surface area contributed by atoms with Crippen molar-refractivity contribution < 1.29 is 14.3 Å². The zero-order chi connectivity index (χ0) is 23.7. The van der Waals surface area contributed by atoms with Crippen LogP contribution in [0.2, 0.25) is 0 Å². The minimum Gasteiger partial charge on any atom is -0.449 e. The zero-order valence-corrected chi connectivity index (χ0v) is 19.5. The largest absolute Gasteiger partial charge is 0.449 e. The van der Waals surface area contributed by atoms with Gasteiger partial charge in [-0.2, -0.15) is 0 Å². The quantitative estimate of drug-likeness (QED) is 0.309. The van der Waals surface area contributed by atoms with Crippen molar-refractivity contribution in [1.29, 1.82) is 0 Å². The van der Waals surface area contributed by atoms with Crippen molar-refractivity contribution in [2.75, 3.05) is 5.32 Å². The van der Waals surface area contributed by atoms with Gasteiger partial charge in [0.2, 0.25) is 0 Å². The number of amides is 1. The molecule has 5 aromatic rings. The number of aromatic nitrogens is 3. The SMILES string of the molecule is CCC(OC(=O)c1ccc2nc(-c3ccc(C)cc3)[nH]c2c1)C(=O)Nc1nc2ccccc2s1. The van der Waals surface area contributed by atoms with Gasteiger partial charge in [0.15, 0.2) is 11.2 Å². The lowest BCUT2D eigenvalue weighted by Gasteiger charge is -2.15. The van der Waals surface area contributed by atoms with Crippen LogP contribution in [0, 0.1) is 6.92 Å². The van der Waals surface area contributed by atoms with Gasteiger partial charge in [-0.05, 0) is 43.7 Å². The maximum atomic E-state index is 12.8. The normalized spacial score (nSPS) is 12.1. The number of anilines is 1. The van der Waals surface area contributed by atoms with Gasteiger partial charge in [0.1, 0.15) is 5.82 Å². The topological polar surface area (TPSA) is 97.0 Å². The van der Waals surface area contributed by atoms with Gasteiger partial charge in [-0.25, -0.2) is 14.8 Å². The predicted molar refractivity (Wildman–Crippen MR) is 134 cm³/mol. The predicted octanol–water partition coefficient (Wildman–Crippen LogP) is 5.72. The highest BCUT2D eigenvalue weighted by molar-refractivity contribution is 7.22. The molecule has 0 aliphatic carbocycles. The molecular weight excluding hydrogens is 448 g/mol. The standard InChI is InChI=1S/C26H22N4O3S/c1-3-21(24(31)30-26-29-19-6-4-5-7-22(19)34-26)33-25(32)17-12-13-18-20(14-17)28-23(27-18)16-10-8-15(2)9-11-16/h4-14,21H,3H2,1-2H3,(H,27,28)(H,29,30,31). The van der Waals surface area contributed by atoms with Crippen LogP contribution in [-0.2, 0) is 9.53 Å². The average Bonchev–Trinajstić information content (AvgIpc) is 3.45. The smallest absolute Gasteiger partial charge is 0.338 e. The van der Waals surface area contributed by atoms with Crippen LogP contribution in [0.4, 0.5) is 5.13 Å². The minimum atomic E-state index is -0.930. The highest BCUT2D eigenvalue weighted by Crippen LogP contribution is 2.26. The molecule has 0 fully saturated rings. The Hall–Kier alpha value is -4.04. The van der Waals surface area contributed by atoms with Crippen molar-refractivity contribution in [1.82, 2.24) is 15.0 Å². The van der Waals surface area contributed by atoms with E-state index in [2.05, 4.69) is 20.3 Å². The van der Waals surface area contributed by atoms with E-state index in [-0.39, 0.29) is 0 Å². The monoisotopic (exact) mass is 470 g/mol. The molecular formula is C26H22N4O3S. The number of carbonyl (C=O) groups excluding carboxylic acids is 2. The van der Waals surface area contributed by atoms with Crippen molar-refractivity contribution in [2.24, 2.45) is 0 Å². The van der Waals surface area contributed by atoms with Gasteiger partial charge >= 0.3 is 5.97 Å². The van der Waals surface area contributed by atoms with E-state index < -0.39 is 18.0 Å². The summed E-state index contributed by atoms with van der Waals surface area (Å²) in [6.07, 6.45) is -0.591. The van der Waals surface area contributed by atoms with Crippen LogP contribution < -0.4 is 5.32 Å². The number of aromatic amines is 1. The molecule has 0 bridgehead atoms. The molecule has 8 heteroatoms. The first-order chi connectivity index (χ1) is 16.5. The van der Waals surface area contributed by atoms with Gasteiger partial charge in [0, 0.05) is 5.56 Å². The van der Waals surface area contributed by atoms with E-state index in [4.69, 9.17) is 4.74 Å². The molecule has 2 aromatic heterocycles. The number of ether oxygens (including phenoxy) is 1. The second kappa shape index (κ2) is 9.07. The van der Waals surface area contributed by atoms with E-state index >= 15 is 0 Å². The van der Waals surface area contributed by atoms with Crippen LogP contribution in [0.1, 0.15) is 29.3 Å². The summed E-state index contributed by atoms with van der Waals surface area (Å²) in [5.74, 6) is -0.249. The van der Waals surface area contributed by atoms with E-state index in [1.54, 1.807) is 25.1 Å². The molecule has 0 saturated carbocycles. The van der Waals surface area contributed by atoms with E-state index in [1.807, 2.05) is 55.5 Å². The average molecular weight is 471 g/mol. The maximum absolute atomic E-state index is 12.8. The molecule has 0 aliphatic heterocycles. The molecule has 1 amide bonds. The molecule has 1 atom stereocenters. The Bertz CT molecular complexity index is 1470. The summed E-state index contributed by atoms with van der Waals surface area (Å²) in [4.78, 5) is 37.8. The Balaban J connectivity index is 1.30. The van der Waals surface area contributed by atoms with Gasteiger partial charge in [0.25, 0.3) is 5.91 Å². The summed E-state index contributed by atoms with van der Waals surface area (Å²) in [5.41, 5.74) is 4.75. The Labute approximate surface area is 199 Å². The van der Waals surface area contributed by atoms with Crippen molar-refractivity contribution in [3.05, 3.63) is 77.9 Å². The van der Waals surface area contributed by atoms with Crippen molar-refractivity contribution in [3.8, 4) is 11.4 Å². The van der Waals surface area contributed by atoms with Crippen molar-refractivity contribution in [3.63, 3.8) is 0 Å². The van der Waals surface area contributed by atoms with E-state index in [0.717, 1.165) is 32.6 Å².